The predicted octanol–water partition coefficient (Wildman–Crippen LogP) is 1.39. The van der Waals surface area contributed by atoms with Gasteiger partial charge in [0.2, 0.25) is 11.8 Å². The van der Waals surface area contributed by atoms with Crippen molar-refractivity contribution in [2.75, 3.05) is 18.6 Å². The first-order chi connectivity index (χ1) is 11.2. The zero-order valence-electron chi connectivity index (χ0n) is 13.6. The maximum atomic E-state index is 12.5. The van der Waals surface area contributed by atoms with Crippen LogP contribution in [0.5, 0.6) is 0 Å². The second kappa shape index (κ2) is 7.38. The van der Waals surface area contributed by atoms with Gasteiger partial charge < -0.3 is 10.2 Å². The van der Waals surface area contributed by atoms with E-state index in [4.69, 9.17) is 0 Å². The molecule has 2 amide bonds. The maximum absolute atomic E-state index is 12.5. The molecule has 0 unspecified atom stereocenters. The number of thioether (sulfide) groups is 1. The molecule has 0 radical (unpaired) electrons. The van der Waals surface area contributed by atoms with Crippen molar-refractivity contribution in [1.82, 2.24) is 20.0 Å². The first kappa shape index (κ1) is 16.4. The van der Waals surface area contributed by atoms with Gasteiger partial charge >= 0.3 is 0 Å². The van der Waals surface area contributed by atoms with E-state index < -0.39 is 0 Å². The summed E-state index contributed by atoms with van der Waals surface area (Å²) in [5, 5.41) is 7.45. The zero-order chi connectivity index (χ0) is 16.2. The molecule has 1 saturated carbocycles. The fourth-order valence-electron chi connectivity index (χ4n) is 3.08. The van der Waals surface area contributed by atoms with Crippen LogP contribution >= 0.6 is 11.8 Å². The second-order valence-corrected chi connectivity index (χ2v) is 7.17. The molecule has 23 heavy (non-hydrogen) atoms. The van der Waals surface area contributed by atoms with E-state index in [1.807, 2.05) is 21.9 Å². The Labute approximate surface area is 141 Å². The number of carbonyl (C=O) groups excluding carboxylic acids is 2. The average molecular weight is 336 g/mol. The molecule has 6 nitrogen and oxygen atoms in total. The van der Waals surface area contributed by atoms with E-state index >= 15 is 0 Å². The van der Waals surface area contributed by atoms with Crippen LogP contribution in [0.3, 0.4) is 0 Å². The number of hydrogen-bond donors (Lipinski definition) is 1. The second-order valence-electron chi connectivity index (χ2n) is 6.30. The summed E-state index contributed by atoms with van der Waals surface area (Å²) in [7, 11) is 0. The molecule has 2 heterocycles. The molecule has 1 aromatic rings. The number of carbonyl (C=O) groups is 2. The highest BCUT2D eigenvalue weighted by Gasteiger charge is 2.30. The van der Waals surface area contributed by atoms with Gasteiger partial charge in [-0.15, -0.1) is 0 Å². The quantitative estimate of drug-likeness (QED) is 0.882. The monoisotopic (exact) mass is 336 g/mol. The lowest BCUT2D eigenvalue weighted by molar-refractivity contribution is -0.138. The van der Waals surface area contributed by atoms with Crippen LogP contribution in [0.15, 0.2) is 6.07 Å². The molecule has 0 aromatic carbocycles. The van der Waals surface area contributed by atoms with Crippen LogP contribution in [0.2, 0.25) is 0 Å². The summed E-state index contributed by atoms with van der Waals surface area (Å²) in [5.74, 6) is 1.05. The summed E-state index contributed by atoms with van der Waals surface area (Å²) in [6.45, 7) is 2.75. The van der Waals surface area contributed by atoms with Crippen molar-refractivity contribution >= 4 is 23.6 Å². The van der Waals surface area contributed by atoms with Crippen LogP contribution in [0.1, 0.15) is 37.1 Å². The lowest BCUT2D eigenvalue weighted by Crippen LogP contribution is -2.38. The van der Waals surface area contributed by atoms with Crippen LogP contribution in [0, 0.1) is 5.92 Å². The molecule has 0 saturated heterocycles. The molecule has 1 aliphatic carbocycles. The Hall–Kier alpha value is -1.50. The highest BCUT2D eigenvalue weighted by molar-refractivity contribution is 7.99. The fourth-order valence-corrected chi connectivity index (χ4v) is 3.45. The normalized spacial score (nSPS) is 18.0. The molecule has 0 bridgehead atoms. The van der Waals surface area contributed by atoms with Crippen molar-refractivity contribution in [3.05, 3.63) is 17.5 Å². The Morgan fingerprint density at radius 3 is 2.87 bits per heavy atom. The van der Waals surface area contributed by atoms with Crippen molar-refractivity contribution in [1.29, 1.82) is 0 Å². The minimum Gasteiger partial charge on any atom is -0.350 e. The van der Waals surface area contributed by atoms with E-state index in [9.17, 15) is 9.59 Å². The van der Waals surface area contributed by atoms with Crippen molar-refractivity contribution in [2.45, 2.75) is 45.3 Å². The zero-order valence-corrected chi connectivity index (χ0v) is 14.4. The minimum atomic E-state index is 0.0301. The number of rotatable bonds is 5. The van der Waals surface area contributed by atoms with Gasteiger partial charge in [-0.25, -0.2) is 0 Å². The van der Waals surface area contributed by atoms with Crippen LogP contribution in [0.4, 0.5) is 0 Å². The molecule has 1 N–H and O–H groups in total. The lowest BCUT2D eigenvalue weighted by atomic mass is 9.84. The third-order valence-electron chi connectivity index (χ3n) is 4.57. The van der Waals surface area contributed by atoms with Crippen molar-refractivity contribution in [2.24, 2.45) is 5.92 Å². The molecule has 1 aliphatic heterocycles. The van der Waals surface area contributed by atoms with E-state index in [0.29, 0.717) is 24.7 Å². The van der Waals surface area contributed by atoms with Crippen molar-refractivity contribution < 1.29 is 9.59 Å². The SMILES string of the molecule is CSCC(=O)NCc1cc2n(n1)CCCN(C(=O)C1CCC1)C2. The van der Waals surface area contributed by atoms with Crippen LogP contribution in [0.25, 0.3) is 0 Å². The molecule has 0 spiro atoms. The number of aryl methyl sites for hydroxylation is 1. The number of amides is 2. The smallest absolute Gasteiger partial charge is 0.230 e. The molecule has 1 aromatic heterocycles. The third-order valence-corrected chi connectivity index (χ3v) is 5.12. The lowest BCUT2D eigenvalue weighted by Gasteiger charge is -2.30. The Bertz CT molecular complexity index is 583. The highest BCUT2D eigenvalue weighted by atomic mass is 32.2. The molecule has 0 atom stereocenters. The van der Waals surface area contributed by atoms with Crippen LogP contribution in [-0.4, -0.2) is 45.0 Å². The van der Waals surface area contributed by atoms with Gasteiger partial charge in [0.1, 0.15) is 0 Å². The Morgan fingerprint density at radius 1 is 1.35 bits per heavy atom. The molecular weight excluding hydrogens is 312 g/mol. The van der Waals surface area contributed by atoms with Crippen LogP contribution < -0.4 is 5.32 Å². The standard InChI is InChI=1S/C16H24N4O2S/c1-23-11-15(21)17-9-13-8-14-10-19(6-3-7-20(14)18-13)16(22)12-4-2-5-12/h8,12H,2-7,9-11H2,1H3,(H,17,21). The molecule has 7 heteroatoms. The van der Waals surface area contributed by atoms with E-state index in [1.54, 1.807) is 0 Å². The van der Waals surface area contributed by atoms with E-state index in [0.717, 1.165) is 43.7 Å². The summed E-state index contributed by atoms with van der Waals surface area (Å²) in [6.07, 6.45) is 6.11. The average Bonchev–Trinajstić information content (AvgIpc) is 2.74. The fraction of sp³-hybridized carbons (Fsp3) is 0.688. The van der Waals surface area contributed by atoms with Gasteiger partial charge in [0, 0.05) is 19.0 Å². The summed E-state index contributed by atoms with van der Waals surface area (Å²) >= 11 is 1.51. The maximum Gasteiger partial charge on any atom is 0.230 e. The third kappa shape index (κ3) is 3.88. The number of hydrogen-bond acceptors (Lipinski definition) is 4. The van der Waals surface area contributed by atoms with E-state index in [2.05, 4.69) is 10.4 Å². The summed E-state index contributed by atoms with van der Waals surface area (Å²) in [6, 6.07) is 2.02. The molecular formula is C16H24N4O2S. The molecule has 3 rings (SSSR count). The Morgan fingerprint density at radius 2 is 2.17 bits per heavy atom. The van der Waals surface area contributed by atoms with Crippen LogP contribution in [-0.2, 0) is 29.2 Å². The predicted molar refractivity (Wildman–Crippen MR) is 89.8 cm³/mol. The number of nitrogens with zero attached hydrogens (tertiary/aromatic N) is 3. The van der Waals surface area contributed by atoms with Gasteiger partial charge in [-0.1, -0.05) is 6.42 Å². The highest BCUT2D eigenvalue weighted by Crippen LogP contribution is 2.29. The van der Waals surface area contributed by atoms with Gasteiger partial charge in [-0.3, -0.25) is 14.3 Å². The first-order valence-corrected chi connectivity index (χ1v) is 9.67. The van der Waals surface area contributed by atoms with Crippen molar-refractivity contribution in [3.63, 3.8) is 0 Å². The van der Waals surface area contributed by atoms with E-state index in [-0.39, 0.29) is 11.8 Å². The van der Waals surface area contributed by atoms with Gasteiger partial charge in [0.25, 0.3) is 0 Å². The number of aromatic nitrogens is 2. The van der Waals surface area contributed by atoms with Gasteiger partial charge in [0.05, 0.1) is 30.2 Å². The van der Waals surface area contributed by atoms with Gasteiger partial charge in [0.15, 0.2) is 0 Å². The largest absolute Gasteiger partial charge is 0.350 e. The van der Waals surface area contributed by atoms with Gasteiger partial charge in [-0.2, -0.15) is 16.9 Å². The van der Waals surface area contributed by atoms with Gasteiger partial charge in [-0.05, 0) is 31.6 Å². The minimum absolute atomic E-state index is 0.0301. The summed E-state index contributed by atoms with van der Waals surface area (Å²) in [4.78, 5) is 26.0. The molecule has 1 fully saturated rings. The first-order valence-electron chi connectivity index (χ1n) is 8.27. The summed E-state index contributed by atoms with van der Waals surface area (Å²) in [5.41, 5.74) is 1.94. The number of fused-ring (bicyclic) bond motifs is 1. The molecule has 2 aliphatic rings. The Kier molecular flexibility index (Phi) is 5.25. The van der Waals surface area contributed by atoms with E-state index in [1.165, 1.54) is 18.2 Å². The summed E-state index contributed by atoms with van der Waals surface area (Å²) < 4.78 is 1.99. The topological polar surface area (TPSA) is 67.2 Å². The van der Waals surface area contributed by atoms with Crippen molar-refractivity contribution in [3.8, 4) is 0 Å². The molecule has 126 valence electrons. The Balaban J connectivity index is 1.62. The number of nitrogens with one attached hydrogen (secondary N) is 1.